The molecule has 0 bridgehead atoms. The van der Waals surface area contributed by atoms with Gasteiger partial charge in [-0.25, -0.2) is 0 Å². The first kappa shape index (κ1) is 16.7. The number of carbonyl (C=O) groups excluding carboxylic acids is 1. The third-order valence-corrected chi connectivity index (χ3v) is 2.94. The lowest BCUT2D eigenvalue weighted by Gasteiger charge is -2.21. The second kappa shape index (κ2) is 9.68. The first-order valence-electron chi connectivity index (χ1n) is 6.35. The lowest BCUT2D eigenvalue weighted by molar-refractivity contribution is -0.122. The van der Waals surface area contributed by atoms with Crippen molar-refractivity contribution >= 4 is 18.3 Å². The van der Waals surface area contributed by atoms with E-state index in [1.807, 2.05) is 0 Å². The van der Waals surface area contributed by atoms with Crippen molar-refractivity contribution in [1.82, 2.24) is 5.32 Å². The fraction of sp³-hybridized carbons (Fsp3) is 0.917. The van der Waals surface area contributed by atoms with Crippen molar-refractivity contribution in [1.29, 1.82) is 0 Å². The molecule has 0 aromatic heterocycles. The Hall–Kier alpha value is -0.320. The van der Waals surface area contributed by atoms with Crippen molar-refractivity contribution in [3.63, 3.8) is 0 Å². The van der Waals surface area contributed by atoms with Gasteiger partial charge in [0.25, 0.3) is 0 Å². The Labute approximate surface area is 110 Å². The van der Waals surface area contributed by atoms with Gasteiger partial charge in [0, 0.05) is 13.2 Å². The lowest BCUT2D eigenvalue weighted by atomic mass is 9.98. The molecule has 0 aliphatic heterocycles. The topological polar surface area (TPSA) is 64.4 Å². The predicted molar refractivity (Wildman–Crippen MR) is 71.3 cm³/mol. The predicted octanol–water partition coefficient (Wildman–Crippen LogP) is 1.61. The molecule has 0 spiro atoms. The lowest BCUT2D eigenvalue weighted by Crippen LogP contribution is -2.39. The van der Waals surface area contributed by atoms with Crippen LogP contribution in [0.3, 0.4) is 0 Å². The Bertz CT molecular complexity index is 207. The van der Waals surface area contributed by atoms with Gasteiger partial charge < -0.3 is 15.8 Å². The molecule has 0 heterocycles. The van der Waals surface area contributed by atoms with Crippen LogP contribution in [0.15, 0.2) is 0 Å². The van der Waals surface area contributed by atoms with E-state index in [-0.39, 0.29) is 18.3 Å². The maximum Gasteiger partial charge on any atom is 0.236 e. The average Bonchev–Trinajstić information content (AvgIpc) is 2.29. The van der Waals surface area contributed by atoms with E-state index in [1.54, 1.807) is 6.92 Å². The molecule has 0 radical (unpaired) electrons. The molecule has 1 aliphatic carbocycles. The fourth-order valence-corrected chi connectivity index (χ4v) is 1.93. The van der Waals surface area contributed by atoms with Crippen molar-refractivity contribution in [3.8, 4) is 0 Å². The maximum absolute atomic E-state index is 11.1. The summed E-state index contributed by atoms with van der Waals surface area (Å²) in [7, 11) is 0. The Balaban J connectivity index is 0.00000256. The first-order valence-corrected chi connectivity index (χ1v) is 6.35. The summed E-state index contributed by atoms with van der Waals surface area (Å²) in [5.74, 6) is -0.0855. The number of carbonyl (C=O) groups is 1. The van der Waals surface area contributed by atoms with Gasteiger partial charge in [0.1, 0.15) is 0 Å². The molecule has 5 heteroatoms. The van der Waals surface area contributed by atoms with Crippen molar-refractivity contribution in [3.05, 3.63) is 0 Å². The van der Waals surface area contributed by atoms with E-state index in [9.17, 15) is 4.79 Å². The highest BCUT2D eigenvalue weighted by molar-refractivity contribution is 5.85. The van der Waals surface area contributed by atoms with Gasteiger partial charge in [0.2, 0.25) is 5.91 Å². The summed E-state index contributed by atoms with van der Waals surface area (Å²) < 4.78 is 5.74. The number of rotatable bonds is 6. The minimum absolute atomic E-state index is 0. The van der Waals surface area contributed by atoms with Crippen LogP contribution in [0.1, 0.15) is 45.4 Å². The molecule has 3 N–H and O–H groups in total. The Morgan fingerprint density at radius 2 is 2.06 bits per heavy atom. The van der Waals surface area contributed by atoms with E-state index in [0.29, 0.717) is 12.6 Å². The summed E-state index contributed by atoms with van der Waals surface area (Å²) >= 11 is 0. The molecule has 102 valence electrons. The van der Waals surface area contributed by atoms with Gasteiger partial charge in [-0.1, -0.05) is 19.3 Å². The molecular formula is C12H25ClN2O2. The van der Waals surface area contributed by atoms with E-state index in [1.165, 1.54) is 32.1 Å². The third kappa shape index (κ3) is 7.58. The zero-order valence-electron chi connectivity index (χ0n) is 10.6. The second-order valence-electron chi connectivity index (χ2n) is 4.56. The third-order valence-electron chi connectivity index (χ3n) is 2.94. The van der Waals surface area contributed by atoms with Gasteiger partial charge in [0.05, 0.1) is 12.1 Å². The molecule has 1 atom stereocenters. The molecular weight excluding hydrogens is 240 g/mol. The van der Waals surface area contributed by atoms with Gasteiger partial charge >= 0.3 is 0 Å². The summed E-state index contributed by atoms with van der Waals surface area (Å²) in [6.07, 6.45) is 7.67. The molecule has 1 rings (SSSR count). The van der Waals surface area contributed by atoms with Crippen LogP contribution in [-0.4, -0.2) is 31.2 Å². The minimum Gasteiger partial charge on any atom is -0.378 e. The van der Waals surface area contributed by atoms with E-state index >= 15 is 0 Å². The number of hydrogen-bond donors (Lipinski definition) is 2. The monoisotopic (exact) mass is 264 g/mol. The number of ether oxygens (including phenoxy) is 1. The Morgan fingerprint density at radius 1 is 1.41 bits per heavy atom. The van der Waals surface area contributed by atoms with E-state index < -0.39 is 6.04 Å². The van der Waals surface area contributed by atoms with E-state index in [4.69, 9.17) is 10.5 Å². The van der Waals surface area contributed by atoms with Crippen molar-refractivity contribution < 1.29 is 9.53 Å². The highest BCUT2D eigenvalue weighted by Crippen LogP contribution is 2.20. The van der Waals surface area contributed by atoms with Crippen molar-refractivity contribution in [2.24, 2.45) is 5.73 Å². The molecule has 1 amide bonds. The van der Waals surface area contributed by atoms with Crippen LogP contribution in [-0.2, 0) is 9.53 Å². The average molecular weight is 265 g/mol. The van der Waals surface area contributed by atoms with Crippen molar-refractivity contribution in [2.75, 3.05) is 13.2 Å². The van der Waals surface area contributed by atoms with Crippen LogP contribution in [0.5, 0.6) is 0 Å². The summed E-state index contributed by atoms with van der Waals surface area (Å²) in [5, 5.41) is 2.78. The highest BCUT2D eigenvalue weighted by atomic mass is 35.5. The zero-order valence-corrected chi connectivity index (χ0v) is 11.4. The van der Waals surface area contributed by atoms with Gasteiger partial charge in [-0.3, -0.25) is 4.79 Å². The number of nitrogens with two attached hydrogens (primary N) is 1. The SMILES string of the molecule is CC(N)C(=O)NCCCOC1CCCCC1.Cl. The molecule has 0 aromatic carbocycles. The van der Waals surface area contributed by atoms with Gasteiger partial charge in [-0.05, 0) is 26.2 Å². The molecule has 1 aliphatic rings. The highest BCUT2D eigenvalue weighted by Gasteiger charge is 2.13. The second-order valence-corrected chi connectivity index (χ2v) is 4.56. The zero-order chi connectivity index (χ0) is 11.8. The van der Waals surface area contributed by atoms with Crippen LogP contribution in [0, 0.1) is 0 Å². The van der Waals surface area contributed by atoms with Crippen LogP contribution in [0.2, 0.25) is 0 Å². The van der Waals surface area contributed by atoms with Gasteiger partial charge in [0.15, 0.2) is 0 Å². The summed E-state index contributed by atoms with van der Waals surface area (Å²) in [6, 6.07) is -0.417. The standard InChI is InChI=1S/C12H24N2O2.ClH/c1-10(13)12(15)14-8-5-9-16-11-6-3-2-4-7-11;/h10-11H,2-9,13H2,1H3,(H,14,15);1H. The molecule has 1 fully saturated rings. The maximum atomic E-state index is 11.1. The van der Waals surface area contributed by atoms with Crippen LogP contribution < -0.4 is 11.1 Å². The molecule has 17 heavy (non-hydrogen) atoms. The summed E-state index contributed by atoms with van der Waals surface area (Å²) in [5.41, 5.74) is 5.42. The van der Waals surface area contributed by atoms with Crippen LogP contribution in [0.4, 0.5) is 0 Å². The quantitative estimate of drug-likeness (QED) is 0.717. The van der Waals surface area contributed by atoms with E-state index in [0.717, 1.165) is 13.0 Å². The molecule has 0 saturated heterocycles. The normalized spacial score (nSPS) is 18.2. The first-order chi connectivity index (χ1) is 7.70. The number of hydrogen-bond acceptors (Lipinski definition) is 3. The van der Waals surface area contributed by atoms with E-state index in [2.05, 4.69) is 5.32 Å². The largest absolute Gasteiger partial charge is 0.378 e. The molecule has 0 aromatic rings. The smallest absolute Gasteiger partial charge is 0.236 e. The minimum atomic E-state index is -0.417. The summed E-state index contributed by atoms with van der Waals surface area (Å²) in [4.78, 5) is 11.1. The van der Waals surface area contributed by atoms with Crippen LogP contribution >= 0.6 is 12.4 Å². The Morgan fingerprint density at radius 3 is 2.65 bits per heavy atom. The van der Waals surface area contributed by atoms with Gasteiger partial charge in [-0.2, -0.15) is 0 Å². The summed E-state index contributed by atoms with van der Waals surface area (Å²) in [6.45, 7) is 3.09. The number of nitrogens with one attached hydrogen (secondary N) is 1. The van der Waals surface area contributed by atoms with Crippen LogP contribution in [0.25, 0.3) is 0 Å². The van der Waals surface area contributed by atoms with Crippen molar-refractivity contribution in [2.45, 2.75) is 57.6 Å². The Kier molecular flexibility index (Phi) is 9.50. The van der Waals surface area contributed by atoms with Gasteiger partial charge in [-0.15, -0.1) is 12.4 Å². The number of amides is 1. The molecule has 1 unspecified atom stereocenters. The molecule has 4 nitrogen and oxygen atoms in total. The number of halogens is 1. The molecule has 1 saturated carbocycles. The fourth-order valence-electron chi connectivity index (χ4n) is 1.93.